The van der Waals surface area contributed by atoms with E-state index < -0.39 is 0 Å². The van der Waals surface area contributed by atoms with Gasteiger partial charge in [-0.05, 0) is 56.1 Å². The molecule has 0 atom stereocenters. The molecule has 5 aromatic rings. The summed E-state index contributed by atoms with van der Waals surface area (Å²) in [5.74, 6) is -0.0337. The van der Waals surface area contributed by atoms with E-state index in [0.717, 1.165) is 10.9 Å². The lowest BCUT2D eigenvalue weighted by molar-refractivity contribution is 0.104. The van der Waals surface area contributed by atoms with Crippen LogP contribution < -0.4 is 0 Å². The van der Waals surface area contributed by atoms with Gasteiger partial charge >= 0.3 is 0 Å². The number of carbonyl (C=O) groups excluding carboxylic acids is 1. The molecular weight excluding hydrogens is 332 g/mol. The second-order valence-electron chi connectivity index (χ2n) is 6.76. The van der Waals surface area contributed by atoms with Crippen LogP contribution in [0, 0.1) is 0 Å². The van der Waals surface area contributed by atoms with Crippen LogP contribution in [0.4, 0.5) is 0 Å². The second-order valence-corrected chi connectivity index (χ2v) is 6.76. The maximum absolute atomic E-state index is 12.4. The second kappa shape index (κ2) is 5.96. The molecule has 0 aliphatic rings. The Hall–Kier alpha value is -3.65. The number of phenols is 1. The number of carbonyl (C=O) groups is 1. The lowest BCUT2D eigenvalue weighted by Crippen LogP contribution is -1.93. The Morgan fingerprint density at radius 3 is 2.19 bits per heavy atom. The van der Waals surface area contributed by atoms with Crippen molar-refractivity contribution in [1.29, 1.82) is 0 Å². The Bertz CT molecular complexity index is 1330. The minimum absolute atomic E-state index is 0.0944. The highest BCUT2D eigenvalue weighted by Crippen LogP contribution is 2.36. The number of benzene rings is 5. The first-order valence-electron chi connectivity index (χ1n) is 8.89. The molecule has 5 rings (SSSR count). The molecule has 0 spiro atoms. The summed E-state index contributed by atoms with van der Waals surface area (Å²) in [6.07, 6.45) is 3.43. The number of phenolic OH excluding ortho intramolecular Hbond substituents is 1. The summed E-state index contributed by atoms with van der Waals surface area (Å²) in [6.45, 7) is 0. The third-order valence-corrected chi connectivity index (χ3v) is 5.11. The highest BCUT2D eigenvalue weighted by Gasteiger charge is 2.10. The van der Waals surface area contributed by atoms with Crippen LogP contribution in [0.3, 0.4) is 0 Å². The first-order valence-corrected chi connectivity index (χ1v) is 8.89. The van der Waals surface area contributed by atoms with Gasteiger partial charge in [-0.2, -0.15) is 0 Å². The van der Waals surface area contributed by atoms with Crippen molar-refractivity contribution in [3.05, 3.63) is 96.1 Å². The van der Waals surface area contributed by atoms with Crippen LogP contribution in [0.2, 0.25) is 0 Å². The lowest BCUT2D eigenvalue weighted by Gasteiger charge is -2.12. The molecule has 0 heterocycles. The highest BCUT2D eigenvalue weighted by molar-refractivity contribution is 6.24. The number of ketones is 1. The molecule has 128 valence electrons. The van der Waals surface area contributed by atoms with E-state index in [1.807, 2.05) is 12.1 Å². The molecular formula is C25H16O2. The van der Waals surface area contributed by atoms with Crippen LogP contribution >= 0.6 is 0 Å². The lowest BCUT2D eigenvalue weighted by atomic mass is 9.92. The van der Waals surface area contributed by atoms with Gasteiger partial charge in [0, 0.05) is 5.56 Å². The van der Waals surface area contributed by atoms with Crippen LogP contribution in [0.1, 0.15) is 15.9 Å². The predicted octanol–water partition coefficient (Wildman–Crippen LogP) is 6.19. The quantitative estimate of drug-likeness (QED) is 0.240. The van der Waals surface area contributed by atoms with E-state index in [9.17, 15) is 9.90 Å². The smallest absolute Gasteiger partial charge is 0.185 e. The van der Waals surface area contributed by atoms with Crippen molar-refractivity contribution in [3.8, 4) is 5.75 Å². The average molecular weight is 348 g/mol. The molecule has 2 nitrogen and oxygen atoms in total. The number of allylic oxidation sites excluding steroid dienone is 1. The zero-order chi connectivity index (χ0) is 18.4. The van der Waals surface area contributed by atoms with E-state index in [4.69, 9.17) is 0 Å². The van der Waals surface area contributed by atoms with Gasteiger partial charge in [-0.3, -0.25) is 4.79 Å². The highest BCUT2D eigenvalue weighted by atomic mass is 16.3. The molecule has 0 aliphatic carbocycles. The van der Waals surface area contributed by atoms with Crippen molar-refractivity contribution in [2.45, 2.75) is 0 Å². The minimum atomic E-state index is -0.128. The summed E-state index contributed by atoms with van der Waals surface area (Å²) in [5.41, 5.74) is 1.48. The summed E-state index contributed by atoms with van der Waals surface area (Å²) in [4.78, 5) is 12.4. The van der Waals surface area contributed by atoms with Gasteiger partial charge in [-0.25, -0.2) is 0 Å². The van der Waals surface area contributed by atoms with Crippen molar-refractivity contribution in [1.82, 2.24) is 0 Å². The normalized spacial score (nSPS) is 11.9. The molecule has 0 unspecified atom stereocenters. The van der Waals surface area contributed by atoms with Gasteiger partial charge < -0.3 is 5.11 Å². The Morgan fingerprint density at radius 1 is 0.741 bits per heavy atom. The molecule has 0 saturated carbocycles. The molecule has 0 radical (unpaired) electrons. The van der Waals surface area contributed by atoms with Crippen LogP contribution in [0.25, 0.3) is 38.4 Å². The topological polar surface area (TPSA) is 37.3 Å². The summed E-state index contributed by atoms with van der Waals surface area (Å²) < 4.78 is 0. The summed E-state index contributed by atoms with van der Waals surface area (Å²) in [5, 5.41) is 16.9. The van der Waals surface area contributed by atoms with Crippen LogP contribution in [-0.4, -0.2) is 10.9 Å². The summed E-state index contributed by atoms with van der Waals surface area (Å²) in [6, 6.07) is 25.5. The van der Waals surface area contributed by atoms with E-state index in [-0.39, 0.29) is 11.5 Å². The molecule has 5 aromatic carbocycles. The number of aromatic hydroxyl groups is 1. The Kier molecular flexibility index (Phi) is 3.44. The summed E-state index contributed by atoms with van der Waals surface area (Å²) >= 11 is 0. The van der Waals surface area contributed by atoms with Crippen LogP contribution in [0.5, 0.6) is 5.75 Å². The fourth-order valence-electron chi connectivity index (χ4n) is 3.82. The van der Waals surface area contributed by atoms with Crippen molar-refractivity contribution in [2.24, 2.45) is 0 Å². The minimum Gasteiger partial charge on any atom is -0.508 e. The predicted molar refractivity (Wildman–Crippen MR) is 112 cm³/mol. The molecule has 0 aromatic heterocycles. The van der Waals surface area contributed by atoms with Gasteiger partial charge in [0.2, 0.25) is 0 Å². The van der Waals surface area contributed by atoms with Crippen LogP contribution in [0.15, 0.2) is 84.9 Å². The molecule has 1 N–H and O–H groups in total. The van der Waals surface area contributed by atoms with Crippen LogP contribution in [-0.2, 0) is 0 Å². The standard InChI is InChI=1S/C25H16O2/c26-21-6-2-5-20(15-21)23(27)14-12-16-7-8-19-10-9-17-3-1-4-18-11-13-22(16)25(19)24(17)18/h1-15,26H/b14-12+. The van der Waals surface area contributed by atoms with Gasteiger partial charge in [0.05, 0.1) is 0 Å². The fraction of sp³-hybridized carbons (Fsp3) is 0. The molecule has 0 saturated heterocycles. The van der Waals surface area contributed by atoms with E-state index in [2.05, 4.69) is 48.5 Å². The maximum atomic E-state index is 12.4. The monoisotopic (exact) mass is 348 g/mol. The molecule has 0 aliphatic heterocycles. The first kappa shape index (κ1) is 15.6. The number of hydrogen-bond donors (Lipinski definition) is 1. The van der Waals surface area contributed by atoms with E-state index in [1.54, 1.807) is 24.3 Å². The largest absolute Gasteiger partial charge is 0.508 e. The molecule has 2 heteroatoms. The molecule has 0 fully saturated rings. The third kappa shape index (κ3) is 2.54. The summed E-state index contributed by atoms with van der Waals surface area (Å²) in [7, 11) is 0. The average Bonchev–Trinajstić information content (AvgIpc) is 2.70. The van der Waals surface area contributed by atoms with E-state index in [1.165, 1.54) is 33.0 Å². The SMILES string of the molecule is O=C(/C=C/c1ccc2ccc3cccc4ccc1c2c34)c1cccc(O)c1. The Balaban J connectivity index is 1.66. The van der Waals surface area contributed by atoms with Gasteiger partial charge in [-0.15, -0.1) is 0 Å². The first-order chi connectivity index (χ1) is 13.2. The Morgan fingerprint density at radius 2 is 1.41 bits per heavy atom. The van der Waals surface area contributed by atoms with Gasteiger partial charge in [0.1, 0.15) is 5.75 Å². The van der Waals surface area contributed by atoms with Gasteiger partial charge in [0.15, 0.2) is 5.78 Å². The van der Waals surface area contributed by atoms with Gasteiger partial charge in [0.25, 0.3) is 0 Å². The zero-order valence-electron chi connectivity index (χ0n) is 14.5. The molecule has 27 heavy (non-hydrogen) atoms. The fourth-order valence-corrected chi connectivity index (χ4v) is 3.82. The van der Waals surface area contributed by atoms with E-state index >= 15 is 0 Å². The molecule has 0 amide bonds. The van der Waals surface area contributed by atoms with Gasteiger partial charge in [-0.1, -0.05) is 72.8 Å². The van der Waals surface area contributed by atoms with Crippen molar-refractivity contribution in [2.75, 3.05) is 0 Å². The number of rotatable bonds is 3. The number of hydrogen-bond acceptors (Lipinski definition) is 2. The molecule has 0 bridgehead atoms. The van der Waals surface area contributed by atoms with Crippen molar-refractivity contribution >= 4 is 44.2 Å². The zero-order valence-corrected chi connectivity index (χ0v) is 14.5. The Labute approximate surface area is 156 Å². The van der Waals surface area contributed by atoms with E-state index in [0.29, 0.717) is 5.56 Å². The van der Waals surface area contributed by atoms with Crippen molar-refractivity contribution in [3.63, 3.8) is 0 Å². The maximum Gasteiger partial charge on any atom is 0.185 e. The third-order valence-electron chi connectivity index (χ3n) is 5.11. The van der Waals surface area contributed by atoms with Crippen molar-refractivity contribution < 1.29 is 9.90 Å².